The molecule has 0 amide bonds. The molecule has 0 atom stereocenters. The average molecular weight is 239 g/mol. The smallest absolute Gasteiger partial charge is 0.169 e. The molecule has 0 fully saturated rings. The van der Waals surface area contributed by atoms with Gasteiger partial charge in [-0.25, -0.2) is 4.98 Å². The SMILES string of the molecule is Cc1cc(-c2cccnc2Br)on1. The molecule has 0 spiro atoms. The van der Waals surface area contributed by atoms with Gasteiger partial charge in [-0.2, -0.15) is 0 Å². The van der Waals surface area contributed by atoms with Crippen LogP contribution < -0.4 is 0 Å². The van der Waals surface area contributed by atoms with E-state index in [2.05, 4.69) is 26.1 Å². The summed E-state index contributed by atoms with van der Waals surface area (Å²) < 4.78 is 5.88. The van der Waals surface area contributed by atoms with Gasteiger partial charge in [-0.1, -0.05) is 5.16 Å². The van der Waals surface area contributed by atoms with Gasteiger partial charge in [0.15, 0.2) is 5.76 Å². The third-order valence-electron chi connectivity index (χ3n) is 1.65. The van der Waals surface area contributed by atoms with Crippen molar-refractivity contribution in [3.8, 4) is 11.3 Å². The normalized spacial score (nSPS) is 10.3. The Morgan fingerprint density at radius 3 is 2.92 bits per heavy atom. The first-order valence-electron chi connectivity index (χ1n) is 3.81. The minimum Gasteiger partial charge on any atom is -0.356 e. The van der Waals surface area contributed by atoms with E-state index in [0.29, 0.717) is 0 Å². The molecule has 66 valence electrons. The van der Waals surface area contributed by atoms with Crippen LogP contribution >= 0.6 is 15.9 Å². The van der Waals surface area contributed by atoms with Gasteiger partial charge in [0.05, 0.1) is 11.3 Å². The van der Waals surface area contributed by atoms with Crippen molar-refractivity contribution < 1.29 is 4.52 Å². The fourth-order valence-electron chi connectivity index (χ4n) is 1.06. The van der Waals surface area contributed by atoms with Gasteiger partial charge < -0.3 is 4.52 Å². The first-order chi connectivity index (χ1) is 6.27. The van der Waals surface area contributed by atoms with Gasteiger partial charge in [-0.15, -0.1) is 0 Å². The fraction of sp³-hybridized carbons (Fsp3) is 0.111. The Morgan fingerprint density at radius 2 is 2.31 bits per heavy atom. The fourth-order valence-corrected chi connectivity index (χ4v) is 1.51. The second kappa shape index (κ2) is 3.30. The van der Waals surface area contributed by atoms with E-state index in [1.807, 2.05) is 25.1 Å². The van der Waals surface area contributed by atoms with Gasteiger partial charge in [0, 0.05) is 12.3 Å². The Balaban J connectivity index is 2.52. The van der Waals surface area contributed by atoms with Gasteiger partial charge in [0.1, 0.15) is 4.60 Å². The number of halogens is 1. The molecule has 2 aromatic rings. The van der Waals surface area contributed by atoms with Crippen LogP contribution in [0, 0.1) is 6.92 Å². The molecular weight excluding hydrogens is 232 g/mol. The van der Waals surface area contributed by atoms with Crippen molar-refractivity contribution in [3.63, 3.8) is 0 Å². The maximum atomic E-state index is 5.11. The molecule has 0 bridgehead atoms. The Morgan fingerprint density at radius 1 is 1.46 bits per heavy atom. The maximum Gasteiger partial charge on any atom is 0.169 e. The zero-order chi connectivity index (χ0) is 9.26. The van der Waals surface area contributed by atoms with Crippen molar-refractivity contribution >= 4 is 15.9 Å². The van der Waals surface area contributed by atoms with E-state index < -0.39 is 0 Å². The van der Waals surface area contributed by atoms with Crippen LogP contribution in [0.1, 0.15) is 5.69 Å². The lowest BCUT2D eigenvalue weighted by Gasteiger charge is -1.96. The van der Waals surface area contributed by atoms with Gasteiger partial charge in [-0.3, -0.25) is 0 Å². The molecule has 2 aromatic heterocycles. The lowest BCUT2D eigenvalue weighted by Crippen LogP contribution is -1.79. The summed E-state index contributed by atoms with van der Waals surface area (Å²) in [5.41, 5.74) is 1.79. The summed E-state index contributed by atoms with van der Waals surface area (Å²) in [6.45, 7) is 1.89. The number of rotatable bonds is 1. The van der Waals surface area contributed by atoms with Gasteiger partial charge >= 0.3 is 0 Å². The van der Waals surface area contributed by atoms with E-state index in [1.165, 1.54) is 0 Å². The molecule has 0 aliphatic heterocycles. The highest BCUT2D eigenvalue weighted by Crippen LogP contribution is 2.26. The van der Waals surface area contributed by atoms with Crippen LogP contribution in [-0.4, -0.2) is 10.1 Å². The molecule has 0 aliphatic carbocycles. The minimum atomic E-state index is 0.734. The summed E-state index contributed by atoms with van der Waals surface area (Å²) in [7, 11) is 0. The van der Waals surface area contributed by atoms with Crippen molar-refractivity contribution in [2.24, 2.45) is 0 Å². The van der Waals surface area contributed by atoms with Crippen molar-refractivity contribution in [2.75, 3.05) is 0 Å². The van der Waals surface area contributed by atoms with Gasteiger partial charge in [0.25, 0.3) is 0 Å². The summed E-state index contributed by atoms with van der Waals surface area (Å²) >= 11 is 3.34. The molecule has 0 unspecified atom stereocenters. The summed E-state index contributed by atoms with van der Waals surface area (Å²) in [5.74, 6) is 0.734. The lowest BCUT2D eigenvalue weighted by molar-refractivity contribution is 0.427. The first kappa shape index (κ1) is 8.44. The second-order valence-corrected chi connectivity index (χ2v) is 3.43. The van der Waals surface area contributed by atoms with E-state index in [9.17, 15) is 0 Å². The van der Waals surface area contributed by atoms with Crippen LogP contribution in [0.25, 0.3) is 11.3 Å². The van der Waals surface area contributed by atoms with Crippen molar-refractivity contribution in [1.82, 2.24) is 10.1 Å². The number of hydrogen-bond donors (Lipinski definition) is 0. The predicted molar refractivity (Wildman–Crippen MR) is 52.2 cm³/mol. The number of aromatic nitrogens is 2. The Bertz CT molecular complexity index is 425. The molecule has 13 heavy (non-hydrogen) atoms. The predicted octanol–water partition coefficient (Wildman–Crippen LogP) is 2.81. The van der Waals surface area contributed by atoms with Crippen molar-refractivity contribution in [3.05, 3.63) is 34.7 Å². The van der Waals surface area contributed by atoms with E-state index in [0.717, 1.165) is 21.6 Å². The third-order valence-corrected chi connectivity index (χ3v) is 2.28. The maximum absolute atomic E-state index is 5.11. The highest BCUT2D eigenvalue weighted by atomic mass is 79.9. The summed E-state index contributed by atoms with van der Waals surface area (Å²) in [6, 6.07) is 5.66. The van der Waals surface area contributed by atoms with Crippen LogP contribution in [0.2, 0.25) is 0 Å². The van der Waals surface area contributed by atoms with E-state index in [1.54, 1.807) is 6.20 Å². The largest absolute Gasteiger partial charge is 0.356 e. The summed E-state index contributed by atoms with van der Waals surface area (Å²) in [5, 5.41) is 3.81. The molecule has 2 heterocycles. The Kier molecular flexibility index (Phi) is 2.14. The van der Waals surface area contributed by atoms with Gasteiger partial charge in [0.2, 0.25) is 0 Å². The van der Waals surface area contributed by atoms with E-state index >= 15 is 0 Å². The molecular formula is C9H7BrN2O. The molecule has 0 radical (unpaired) electrons. The van der Waals surface area contributed by atoms with E-state index in [-0.39, 0.29) is 0 Å². The monoisotopic (exact) mass is 238 g/mol. The summed E-state index contributed by atoms with van der Waals surface area (Å²) in [6.07, 6.45) is 1.72. The molecule has 4 heteroatoms. The molecule has 3 nitrogen and oxygen atoms in total. The highest BCUT2D eigenvalue weighted by molar-refractivity contribution is 9.10. The number of nitrogens with zero attached hydrogens (tertiary/aromatic N) is 2. The number of pyridine rings is 1. The Labute approximate surface area is 83.9 Å². The zero-order valence-electron chi connectivity index (χ0n) is 6.99. The molecule has 0 saturated carbocycles. The molecule has 0 N–H and O–H groups in total. The molecule has 0 saturated heterocycles. The van der Waals surface area contributed by atoms with Gasteiger partial charge in [-0.05, 0) is 35.0 Å². The number of hydrogen-bond acceptors (Lipinski definition) is 3. The number of aryl methyl sites for hydroxylation is 1. The molecule has 2 rings (SSSR count). The third kappa shape index (κ3) is 1.62. The van der Waals surface area contributed by atoms with Crippen LogP contribution in [0.5, 0.6) is 0 Å². The van der Waals surface area contributed by atoms with Crippen LogP contribution in [-0.2, 0) is 0 Å². The zero-order valence-corrected chi connectivity index (χ0v) is 8.58. The highest BCUT2D eigenvalue weighted by Gasteiger charge is 2.07. The van der Waals surface area contributed by atoms with Crippen molar-refractivity contribution in [1.29, 1.82) is 0 Å². The second-order valence-electron chi connectivity index (χ2n) is 2.67. The quantitative estimate of drug-likeness (QED) is 0.718. The topological polar surface area (TPSA) is 38.9 Å². The standard InChI is InChI=1S/C9H7BrN2O/c1-6-5-8(13-12-6)7-3-2-4-11-9(7)10/h2-5H,1H3. The minimum absolute atomic E-state index is 0.734. The molecule has 0 aliphatic rings. The van der Waals surface area contributed by atoms with E-state index in [4.69, 9.17) is 4.52 Å². The van der Waals surface area contributed by atoms with Crippen LogP contribution in [0.3, 0.4) is 0 Å². The van der Waals surface area contributed by atoms with Crippen LogP contribution in [0.4, 0.5) is 0 Å². The average Bonchev–Trinajstić information content (AvgIpc) is 2.53. The Hall–Kier alpha value is -1.16. The lowest BCUT2D eigenvalue weighted by atomic mass is 10.2. The van der Waals surface area contributed by atoms with Crippen LogP contribution in [0.15, 0.2) is 33.5 Å². The summed E-state index contributed by atoms with van der Waals surface area (Å²) in [4.78, 5) is 4.09. The molecule has 0 aromatic carbocycles. The first-order valence-corrected chi connectivity index (χ1v) is 4.61. The van der Waals surface area contributed by atoms with Crippen molar-refractivity contribution in [2.45, 2.75) is 6.92 Å².